The number of nitro groups is 1. The van der Waals surface area contributed by atoms with Crippen LogP contribution in [0.5, 0.6) is 0 Å². The van der Waals surface area contributed by atoms with Gasteiger partial charge >= 0.3 is 0 Å². The first-order chi connectivity index (χ1) is 9.47. The van der Waals surface area contributed by atoms with Crippen LogP contribution in [0.2, 0.25) is 5.02 Å². The molecule has 2 aromatic rings. The maximum Gasteiger partial charge on any atom is 0.269 e. The molecule has 1 N–H and O–H groups in total. The number of hydrogen-bond acceptors (Lipinski definition) is 3. The zero-order chi connectivity index (χ0) is 14.7. The van der Waals surface area contributed by atoms with Crippen molar-refractivity contribution in [1.82, 2.24) is 0 Å². The Morgan fingerprint density at radius 2 is 1.85 bits per heavy atom. The summed E-state index contributed by atoms with van der Waals surface area (Å²) in [5, 5.41) is 13.8. The number of carbonyl (C=O) groups is 1. The summed E-state index contributed by atoms with van der Waals surface area (Å²) in [6.45, 7) is 0. The molecule has 0 saturated carbocycles. The highest BCUT2D eigenvalue weighted by molar-refractivity contribution is 14.1. The fourth-order valence-electron chi connectivity index (χ4n) is 1.54. The van der Waals surface area contributed by atoms with Gasteiger partial charge in [0.05, 0.1) is 10.5 Å². The molecular weight excluding hydrogens is 395 g/mol. The van der Waals surface area contributed by atoms with Gasteiger partial charge in [-0.05, 0) is 52.9 Å². The normalized spacial score (nSPS) is 10.1. The monoisotopic (exact) mass is 402 g/mol. The summed E-state index contributed by atoms with van der Waals surface area (Å²) in [7, 11) is 0. The van der Waals surface area contributed by atoms with Crippen molar-refractivity contribution in [3.63, 3.8) is 0 Å². The molecule has 5 nitrogen and oxygen atoms in total. The Kier molecular flexibility index (Phi) is 4.56. The molecule has 0 spiro atoms. The van der Waals surface area contributed by atoms with Gasteiger partial charge in [-0.25, -0.2) is 0 Å². The second-order valence-corrected chi connectivity index (χ2v) is 5.48. The first-order valence-electron chi connectivity index (χ1n) is 5.48. The van der Waals surface area contributed by atoms with Crippen LogP contribution in [0.25, 0.3) is 0 Å². The number of nitro benzene ring substituents is 1. The molecule has 1 amide bonds. The molecule has 2 aromatic carbocycles. The predicted molar refractivity (Wildman–Crippen MR) is 85.2 cm³/mol. The summed E-state index contributed by atoms with van der Waals surface area (Å²) in [4.78, 5) is 22.1. The van der Waals surface area contributed by atoms with Crippen molar-refractivity contribution in [2.45, 2.75) is 0 Å². The van der Waals surface area contributed by atoms with Crippen LogP contribution in [0.4, 0.5) is 11.4 Å². The minimum Gasteiger partial charge on any atom is -0.322 e. The van der Waals surface area contributed by atoms with Crippen LogP contribution in [0.1, 0.15) is 10.4 Å². The molecule has 2 rings (SSSR count). The minimum atomic E-state index is -0.492. The van der Waals surface area contributed by atoms with E-state index in [-0.39, 0.29) is 11.6 Å². The molecule has 0 fully saturated rings. The van der Waals surface area contributed by atoms with Crippen LogP contribution in [-0.4, -0.2) is 10.8 Å². The number of nitrogens with zero attached hydrogens (tertiary/aromatic N) is 1. The van der Waals surface area contributed by atoms with Crippen molar-refractivity contribution in [1.29, 1.82) is 0 Å². The molecule has 0 radical (unpaired) electrons. The summed E-state index contributed by atoms with van der Waals surface area (Å²) in [5.74, 6) is -0.292. The third kappa shape index (κ3) is 3.45. The summed E-state index contributed by atoms with van der Waals surface area (Å²) in [5.41, 5.74) is 0.962. The van der Waals surface area contributed by atoms with Gasteiger partial charge in [0, 0.05) is 26.4 Å². The van der Waals surface area contributed by atoms with E-state index in [0.29, 0.717) is 16.3 Å². The standard InChI is InChI=1S/C13H8ClIN2O3/c14-8-1-6-11(12(15)7-8)13(18)16-9-2-4-10(5-3-9)17(19)20/h1-7H,(H,16,18). The van der Waals surface area contributed by atoms with Gasteiger partial charge in [0.15, 0.2) is 0 Å². The van der Waals surface area contributed by atoms with Crippen molar-refractivity contribution in [3.05, 3.63) is 66.7 Å². The second kappa shape index (κ2) is 6.19. The number of benzene rings is 2. The molecule has 20 heavy (non-hydrogen) atoms. The second-order valence-electron chi connectivity index (χ2n) is 3.88. The van der Waals surface area contributed by atoms with Crippen molar-refractivity contribution >= 4 is 51.5 Å². The molecule has 0 atom stereocenters. The minimum absolute atomic E-state index is 0.0240. The molecule has 0 aliphatic heterocycles. The van der Waals surface area contributed by atoms with E-state index in [1.165, 1.54) is 24.3 Å². The lowest BCUT2D eigenvalue weighted by Gasteiger charge is -2.07. The van der Waals surface area contributed by atoms with Crippen LogP contribution >= 0.6 is 34.2 Å². The fraction of sp³-hybridized carbons (Fsp3) is 0. The first kappa shape index (κ1) is 14.7. The lowest BCUT2D eigenvalue weighted by molar-refractivity contribution is -0.384. The fourth-order valence-corrected chi connectivity index (χ4v) is 2.65. The van der Waals surface area contributed by atoms with Gasteiger partial charge in [0.25, 0.3) is 11.6 Å². The number of anilines is 1. The van der Waals surface area contributed by atoms with E-state index < -0.39 is 4.92 Å². The lowest BCUT2D eigenvalue weighted by Crippen LogP contribution is -2.13. The molecule has 102 valence electrons. The molecule has 0 heterocycles. The van der Waals surface area contributed by atoms with Crippen LogP contribution in [0.15, 0.2) is 42.5 Å². The van der Waals surface area contributed by atoms with Gasteiger partial charge < -0.3 is 5.32 Å². The van der Waals surface area contributed by atoms with E-state index in [1.54, 1.807) is 18.2 Å². The molecule has 0 saturated heterocycles. The van der Waals surface area contributed by atoms with E-state index in [9.17, 15) is 14.9 Å². The van der Waals surface area contributed by atoms with Gasteiger partial charge in [-0.2, -0.15) is 0 Å². The average molecular weight is 403 g/mol. The molecule has 0 aromatic heterocycles. The summed E-state index contributed by atoms with van der Waals surface area (Å²) < 4.78 is 0.731. The van der Waals surface area contributed by atoms with Crippen molar-refractivity contribution in [2.75, 3.05) is 5.32 Å². The van der Waals surface area contributed by atoms with Gasteiger partial charge in [-0.3, -0.25) is 14.9 Å². The van der Waals surface area contributed by atoms with Crippen LogP contribution in [-0.2, 0) is 0 Å². The molecule has 0 unspecified atom stereocenters. The highest BCUT2D eigenvalue weighted by Crippen LogP contribution is 2.20. The highest BCUT2D eigenvalue weighted by atomic mass is 127. The van der Waals surface area contributed by atoms with Crippen molar-refractivity contribution in [3.8, 4) is 0 Å². The van der Waals surface area contributed by atoms with Crippen LogP contribution < -0.4 is 5.32 Å². The third-order valence-electron chi connectivity index (χ3n) is 2.51. The lowest BCUT2D eigenvalue weighted by atomic mass is 10.2. The highest BCUT2D eigenvalue weighted by Gasteiger charge is 2.11. The van der Waals surface area contributed by atoms with E-state index in [2.05, 4.69) is 5.32 Å². The van der Waals surface area contributed by atoms with E-state index in [0.717, 1.165) is 3.57 Å². The van der Waals surface area contributed by atoms with E-state index in [4.69, 9.17) is 11.6 Å². The van der Waals surface area contributed by atoms with Gasteiger partial charge in [-0.1, -0.05) is 11.6 Å². The number of rotatable bonds is 3. The van der Waals surface area contributed by atoms with E-state index in [1.807, 2.05) is 22.6 Å². The molecule has 7 heteroatoms. The number of halogens is 2. The zero-order valence-electron chi connectivity index (χ0n) is 9.97. The molecule has 0 bridgehead atoms. The zero-order valence-corrected chi connectivity index (χ0v) is 12.9. The topological polar surface area (TPSA) is 72.2 Å². The van der Waals surface area contributed by atoms with Gasteiger partial charge in [0.1, 0.15) is 0 Å². The molecular formula is C13H8ClIN2O3. The summed E-state index contributed by atoms with van der Waals surface area (Å²) >= 11 is 7.85. The Labute approximate surface area is 133 Å². The molecule has 0 aliphatic rings. The Bertz CT molecular complexity index is 674. The van der Waals surface area contributed by atoms with Gasteiger partial charge in [-0.15, -0.1) is 0 Å². The number of carbonyl (C=O) groups excluding carboxylic acids is 1. The van der Waals surface area contributed by atoms with Crippen LogP contribution in [0.3, 0.4) is 0 Å². The number of hydrogen-bond donors (Lipinski definition) is 1. The quantitative estimate of drug-likeness (QED) is 0.477. The SMILES string of the molecule is O=C(Nc1ccc([N+](=O)[O-])cc1)c1ccc(Cl)cc1I. The van der Waals surface area contributed by atoms with Gasteiger partial charge in [0.2, 0.25) is 0 Å². The Hall–Kier alpha value is -1.67. The third-order valence-corrected chi connectivity index (χ3v) is 3.64. The summed E-state index contributed by atoms with van der Waals surface area (Å²) in [6, 6.07) is 10.6. The maximum absolute atomic E-state index is 12.1. The van der Waals surface area contributed by atoms with Crippen molar-refractivity contribution < 1.29 is 9.72 Å². The van der Waals surface area contributed by atoms with E-state index >= 15 is 0 Å². The number of amides is 1. The smallest absolute Gasteiger partial charge is 0.269 e. The Morgan fingerprint density at radius 1 is 1.20 bits per heavy atom. The maximum atomic E-state index is 12.1. The largest absolute Gasteiger partial charge is 0.322 e. The van der Waals surface area contributed by atoms with Crippen LogP contribution in [0, 0.1) is 13.7 Å². The Balaban J connectivity index is 2.17. The number of nitrogens with one attached hydrogen (secondary N) is 1. The average Bonchev–Trinajstić information content (AvgIpc) is 2.39. The Morgan fingerprint density at radius 3 is 2.40 bits per heavy atom. The molecule has 0 aliphatic carbocycles. The first-order valence-corrected chi connectivity index (χ1v) is 6.94. The number of non-ortho nitro benzene ring substituents is 1. The summed E-state index contributed by atoms with van der Waals surface area (Å²) in [6.07, 6.45) is 0. The predicted octanol–water partition coefficient (Wildman–Crippen LogP) is 4.11. The van der Waals surface area contributed by atoms with Crippen molar-refractivity contribution in [2.24, 2.45) is 0 Å².